The third-order valence-corrected chi connectivity index (χ3v) is 4.42. The van der Waals surface area contributed by atoms with Crippen molar-refractivity contribution in [3.63, 3.8) is 0 Å². The summed E-state index contributed by atoms with van der Waals surface area (Å²) in [5, 5.41) is 20.7. The zero-order valence-corrected chi connectivity index (χ0v) is 13.6. The van der Waals surface area contributed by atoms with Gasteiger partial charge in [0, 0.05) is 17.2 Å². The number of rotatable bonds is 4. The highest BCUT2D eigenvalue weighted by molar-refractivity contribution is 6.69. The Morgan fingerprint density at radius 3 is 2.57 bits per heavy atom. The minimum absolute atomic E-state index is 0.0713. The monoisotopic (exact) mass is 306 g/mol. The lowest BCUT2D eigenvalue weighted by molar-refractivity contribution is -0.385. The summed E-state index contributed by atoms with van der Waals surface area (Å²) in [4.78, 5) is 10.6. The van der Waals surface area contributed by atoms with Crippen LogP contribution in [0.25, 0.3) is 0 Å². The lowest BCUT2D eigenvalue weighted by Gasteiger charge is -2.31. The summed E-state index contributed by atoms with van der Waals surface area (Å²) in [5.74, 6) is 0.244. The second-order valence-electron chi connectivity index (χ2n) is 6.05. The fraction of sp³-hybridized carbons (Fsp3) is 0.500. The van der Waals surface area contributed by atoms with Crippen LogP contribution in [-0.4, -0.2) is 20.4 Å². The van der Waals surface area contributed by atoms with Gasteiger partial charge in [-0.25, -0.2) is 0 Å². The largest absolute Gasteiger partial charge is 0.490 e. The van der Waals surface area contributed by atoms with Crippen LogP contribution in [0.3, 0.4) is 0 Å². The number of nitrogens with zero attached hydrogens (tertiary/aromatic N) is 2. The van der Waals surface area contributed by atoms with E-state index >= 15 is 0 Å². The molecule has 0 heterocycles. The van der Waals surface area contributed by atoms with Gasteiger partial charge < -0.3 is 9.16 Å². The number of ether oxygens (including phenoxy) is 1. The van der Waals surface area contributed by atoms with Crippen LogP contribution in [0.5, 0.6) is 5.75 Å². The number of benzene rings is 1. The second-order valence-corrected chi connectivity index (χ2v) is 10.5. The summed E-state index contributed by atoms with van der Waals surface area (Å²) in [6.45, 7) is 6.06. The van der Waals surface area contributed by atoms with E-state index in [2.05, 4.69) is 6.07 Å². The molecule has 7 heteroatoms. The van der Waals surface area contributed by atoms with Crippen molar-refractivity contribution in [2.45, 2.75) is 38.1 Å². The number of hydrogen-bond donors (Lipinski definition) is 0. The van der Waals surface area contributed by atoms with E-state index in [4.69, 9.17) is 9.16 Å². The summed E-state index contributed by atoms with van der Waals surface area (Å²) in [7, 11) is -0.533. The highest BCUT2D eigenvalue weighted by Gasteiger charge is 2.45. The maximum absolute atomic E-state index is 11.1. The molecule has 0 saturated carbocycles. The van der Waals surface area contributed by atoms with Crippen LogP contribution in [-0.2, 0) is 16.4 Å². The minimum Gasteiger partial charge on any atom is -0.490 e. The van der Waals surface area contributed by atoms with Crippen LogP contribution >= 0.6 is 0 Å². The number of methoxy groups -OCH3 is 1. The first kappa shape index (κ1) is 15.5. The van der Waals surface area contributed by atoms with E-state index in [9.17, 15) is 15.4 Å². The number of nitro benzene ring substituents is 1. The number of nitro groups is 1. The lowest BCUT2D eigenvalue weighted by Crippen LogP contribution is -2.38. The summed E-state index contributed by atoms with van der Waals surface area (Å²) in [6, 6.07) is 5.30. The molecule has 1 aliphatic carbocycles. The molecule has 0 fully saturated rings. The first-order valence-corrected chi connectivity index (χ1v) is 10.1. The third-order valence-electron chi connectivity index (χ3n) is 3.46. The molecular weight excluding hydrogens is 288 g/mol. The molecule has 0 bridgehead atoms. The van der Waals surface area contributed by atoms with E-state index in [1.165, 1.54) is 13.2 Å². The third kappa shape index (κ3) is 2.64. The van der Waals surface area contributed by atoms with Crippen molar-refractivity contribution in [3.8, 4) is 11.8 Å². The SMILES string of the molecule is COc1c([N+](=O)[O-])ccc2c1CC[C@@]2(C#N)O[Si](C)(C)C. The summed E-state index contributed by atoms with van der Waals surface area (Å²) in [6.07, 6.45) is 1.04. The summed E-state index contributed by atoms with van der Waals surface area (Å²) in [5.41, 5.74) is 0.335. The molecule has 112 valence electrons. The van der Waals surface area contributed by atoms with E-state index in [1.807, 2.05) is 19.6 Å². The fourth-order valence-corrected chi connectivity index (χ4v) is 4.12. The van der Waals surface area contributed by atoms with Crippen LogP contribution in [0, 0.1) is 21.4 Å². The van der Waals surface area contributed by atoms with Crippen molar-refractivity contribution < 1.29 is 14.1 Å². The molecular formula is C14H18N2O4Si. The molecule has 2 rings (SSSR count). The average Bonchev–Trinajstić information content (AvgIpc) is 2.75. The highest BCUT2D eigenvalue weighted by Crippen LogP contribution is 2.47. The van der Waals surface area contributed by atoms with Gasteiger partial charge in [0.2, 0.25) is 0 Å². The molecule has 21 heavy (non-hydrogen) atoms. The van der Waals surface area contributed by atoms with Gasteiger partial charge >= 0.3 is 5.69 Å². The fourth-order valence-electron chi connectivity index (χ4n) is 2.82. The Morgan fingerprint density at radius 2 is 2.10 bits per heavy atom. The molecule has 0 amide bonds. The van der Waals surface area contributed by atoms with Gasteiger partial charge in [-0.05, 0) is 38.5 Å². The molecule has 0 unspecified atom stereocenters. The van der Waals surface area contributed by atoms with Crippen molar-refractivity contribution in [1.29, 1.82) is 5.26 Å². The lowest BCUT2D eigenvalue weighted by atomic mass is 9.97. The van der Waals surface area contributed by atoms with Gasteiger partial charge in [-0.3, -0.25) is 10.1 Å². The molecule has 6 nitrogen and oxygen atoms in total. The molecule has 0 aromatic heterocycles. The van der Waals surface area contributed by atoms with E-state index in [1.54, 1.807) is 6.07 Å². The van der Waals surface area contributed by atoms with Gasteiger partial charge in [0.25, 0.3) is 0 Å². The van der Waals surface area contributed by atoms with Crippen molar-refractivity contribution in [3.05, 3.63) is 33.4 Å². The maximum Gasteiger partial charge on any atom is 0.311 e. The van der Waals surface area contributed by atoms with Gasteiger partial charge in [0.1, 0.15) is 6.07 Å². The smallest absolute Gasteiger partial charge is 0.311 e. The van der Waals surface area contributed by atoms with Crippen molar-refractivity contribution in [2.24, 2.45) is 0 Å². The Bertz CT molecular complexity index is 633. The topological polar surface area (TPSA) is 85.4 Å². The Balaban J connectivity index is 2.60. The normalized spacial score (nSPS) is 20.7. The standard InChI is InChI=1S/C14H18N2O4Si/c1-19-13-10-7-8-14(9-15,20-21(2,3)4)11(10)5-6-12(13)16(17)18/h5-6H,7-8H2,1-4H3/t14-/m0/s1. The predicted molar refractivity (Wildman–Crippen MR) is 79.7 cm³/mol. The Hall–Kier alpha value is -1.91. The first-order valence-electron chi connectivity index (χ1n) is 6.70. The quantitative estimate of drug-likeness (QED) is 0.484. The molecule has 0 spiro atoms. The van der Waals surface area contributed by atoms with Crippen LogP contribution in [0.4, 0.5) is 5.69 Å². The zero-order chi connectivity index (χ0) is 15.8. The predicted octanol–water partition coefficient (Wildman–Crippen LogP) is 3.12. The van der Waals surface area contributed by atoms with Gasteiger partial charge in [0.05, 0.1) is 12.0 Å². The van der Waals surface area contributed by atoms with Gasteiger partial charge in [-0.1, -0.05) is 0 Å². The first-order chi connectivity index (χ1) is 9.74. The molecule has 0 radical (unpaired) electrons. The molecule has 0 saturated heterocycles. The van der Waals surface area contributed by atoms with E-state index < -0.39 is 18.8 Å². The molecule has 0 aliphatic heterocycles. The van der Waals surface area contributed by atoms with Crippen LogP contribution in [0.1, 0.15) is 17.5 Å². The Kier molecular flexibility index (Phi) is 3.78. The number of hydrogen-bond acceptors (Lipinski definition) is 5. The summed E-state index contributed by atoms with van der Waals surface area (Å²) >= 11 is 0. The number of fused-ring (bicyclic) bond motifs is 1. The van der Waals surface area contributed by atoms with Crippen LogP contribution in [0.15, 0.2) is 12.1 Å². The zero-order valence-electron chi connectivity index (χ0n) is 12.6. The van der Waals surface area contributed by atoms with Crippen molar-refractivity contribution in [2.75, 3.05) is 7.11 Å². The van der Waals surface area contributed by atoms with Gasteiger partial charge in [-0.2, -0.15) is 5.26 Å². The molecule has 1 aliphatic rings. The van der Waals surface area contributed by atoms with E-state index in [-0.39, 0.29) is 11.4 Å². The van der Waals surface area contributed by atoms with Gasteiger partial charge in [-0.15, -0.1) is 0 Å². The highest BCUT2D eigenvalue weighted by atomic mass is 28.4. The minimum atomic E-state index is -1.94. The van der Waals surface area contributed by atoms with Crippen molar-refractivity contribution in [1.82, 2.24) is 0 Å². The molecule has 0 N–H and O–H groups in total. The van der Waals surface area contributed by atoms with Gasteiger partial charge in [0.15, 0.2) is 19.7 Å². The second kappa shape index (κ2) is 5.13. The number of nitriles is 1. The summed E-state index contributed by atoms with van der Waals surface area (Å²) < 4.78 is 11.3. The molecule has 1 aromatic carbocycles. The molecule has 1 atom stereocenters. The Labute approximate surface area is 124 Å². The maximum atomic E-state index is 11.1. The average molecular weight is 306 g/mol. The van der Waals surface area contributed by atoms with Crippen LogP contribution < -0.4 is 4.74 Å². The van der Waals surface area contributed by atoms with E-state index in [0.717, 1.165) is 0 Å². The van der Waals surface area contributed by atoms with Crippen LogP contribution in [0.2, 0.25) is 19.6 Å². The Morgan fingerprint density at radius 1 is 1.43 bits per heavy atom. The van der Waals surface area contributed by atoms with E-state index in [0.29, 0.717) is 24.0 Å². The molecule has 1 aromatic rings. The van der Waals surface area contributed by atoms with Crippen molar-refractivity contribution >= 4 is 14.0 Å².